The lowest BCUT2D eigenvalue weighted by atomic mass is 10.2. The van der Waals surface area contributed by atoms with Crippen LogP contribution >= 0.6 is 0 Å². The summed E-state index contributed by atoms with van der Waals surface area (Å²) in [5.41, 5.74) is 4.20. The van der Waals surface area contributed by atoms with Crippen LogP contribution in [0, 0.1) is 6.92 Å². The molecule has 1 rings (SSSR count). The molecule has 1 aromatic rings. The number of rotatable bonds is 7. The highest BCUT2D eigenvalue weighted by Crippen LogP contribution is 2.09. The monoisotopic (exact) mass is 334 g/mol. The maximum atomic E-state index is 11.9. The van der Waals surface area contributed by atoms with E-state index in [1.54, 1.807) is 13.0 Å². The smallest absolute Gasteiger partial charge is 0.329 e. The Bertz CT molecular complexity index is 628. The third-order valence-electron chi connectivity index (χ3n) is 2.86. The molecule has 0 radical (unpaired) electrons. The number of ether oxygens (including phenoxy) is 1. The van der Waals surface area contributed by atoms with Crippen LogP contribution < -0.4 is 16.1 Å². The molecule has 3 N–H and O–H groups in total. The number of nitrogens with zero attached hydrogens (tertiary/aromatic N) is 1. The lowest BCUT2D eigenvalue weighted by molar-refractivity contribution is -0.139. The predicted molar refractivity (Wildman–Crippen MR) is 90.6 cm³/mol. The zero-order valence-electron chi connectivity index (χ0n) is 14.0. The molecule has 24 heavy (non-hydrogen) atoms. The number of nitrogens with one attached hydrogen (secondary N) is 3. The van der Waals surface area contributed by atoms with Gasteiger partial charge in [0.2, 0.25) is 5.91 Å². The molecule has 1 aromatic carbocycles. The Morgan fingerprint density at radius 2 is 1.96 bits per heavy atom. The van der Waals surface area contributed by atoms with Crippen molar-refractivity contribution < 1.29 is 19.1 Å². The predicted octanol–water partition coefficient (Wildman–Crippen LogP) is 0.578. The fraction of sp³-hybridized carbons (Fsp3) is 0.375. The van der Waals surface area contributed by atoms with Crippen LogP contribution in [0.1, 0.15) is 18.9 Å². The Morgan fingerprint density at radius 3 is 2.62 bits per heavy atom. The number of amides is 3. The third kappa shape index (κ3) is 7.50. The van der Waals surface area contributed by atoms with Crippen LogP contribution in [0.25, 0.3) is 0 Å². The average Bonchev–Trinajstić information content (AvgIpc) is 2.52. The Labute approximate surface area is 140 Å². The van der Waals surface area contributed by atoms with Crippen LogP contribution in [0.4, 0.5) is 5.69 Å². The first-order chi connectivity index (χ1) is 11.4. The summed E-state index contributed by atoms with van der Waals surface area (Å²) in [6.07, 6.45) is -0.000480. The molecule has 0 aliphatic rings. The molecule has 8 nitrogen and oxygen atoms in total. The number of hydrogen-bond acceptors (Lipinski definition) is 5. The van der Waals surface area contributed by atoms with Gasteiger partial charge in [0.05, 0.1) is 13.0 Å². The van der Waals surface area contributed by atoms with Gasteiger partial charge < -0.3 is 15.4 Å². The Balaban J connectivity index is 2.41. The van der Waals surface area contributed by atoms with Gasteiger partial charge in [0.25, 0.3) is 0 Å². The summed E-state index contributed by atoms with van der Waals surface area (Å²) in [4.78, 5) is 34.8. The molecule has 8 heteroatoms. The van der Waals surface area contributed by atoms with Gasteiger partial charge in [-0.25, -0.2) is 5.43 Å². The van der Waals surface area contributed by atoms with Gasteiger partial charge in [0.1, 0.15) is 0 Å². The number of carbonyl (C=O) groups is 3. The van der Waals surface area contributed by atoms with Crippen molar-refractivity contribution in [3.63, 3.8) is 0 Å². The first kappa shape index (κ1) is 19.3. The highest BCUT2D eigenvalue weighted by Gasteiger charge is 2.12. The lowest BCUT2D eigenvalue weighted by Gasteiger charge is -2.06. The van der Waals surface area contributed by atoms with E-state index in [1.807, 2.05) is 25.1 Å². The zero-order valence-corrected chi connectivity index (χ0v) is 14.0. The second-order valence-corrected chi connectivity index (χ2v) is 5.13. The Kier molecular flexibility index (Phi) is 8.14. The molecule has 0 bridgehead atoms. The number of hydrogen-bond donors (Lipinski definition) is 3. The van der Waals surface area contributed by atoms with E-state index in [-0.39, 0.29) is 18.9 Å². The Hall–Kier alpha value is -2.74. The lowest BCUT2D eigenvalue weighted by Crippen LogP contribution is -2.39. The van der Waals surface area contributed by atoms with Crippen molar-refractivity contribution in [3.8, 4) is 0 Å². The number of carbonyl (C=O) groups excluding carboxylic acids is 3. The molecule has 0 fully saturated rings. The number of benzene rings is 1. The van der Waals surface area contributed by atoms with Crippen molar-refractivity contribution in [3.05, 3.63) is 29.8 Å². The maximum absolute atomic E-state index is 11.9. The fourth-order valence-corrected chi connectivity index (χ4v) is 1.74. The second-order valence-electron chi connectivity index (χ2n) is 5.13. The van der Waals surface area contributed by atoms with E-state index in [4.69, 9.17) is 4.74 Å². The van der Waals surface area contributed by atoms with Gasteiger partial charge in [-0.3, -0.25) is 14.4 Å². The van der Waals surface area contributed by atoms with E-state index < -0.39 is 11.8 Å². The highest BCUT2D eigenvalue weighted by atomic mass is 16.5. The number of anilines is 1. The second kappa shape index (κ2) is 10.1. The summed E-state index contributed by atoms with van der Waals surface area (Å²) < 4.78 is 4.75. The van der Waals surface area contributed by atoms with Crippen molar-refractivity contribution >= 4 is 29.1 Å². The standard InChI is InChI=1S/C16H22N4O4/c1-11-5-4-6-13(9-11)18-14(21)10-12(2)19-20-16(23)15(22)17-7-8-24-3/h4-6,9H,7-8,10H2,1-3H3,(H,17,22)(H,18,21)(H,20,23). The van der Waals surface area contributed by atoms with Crippen molar-refractivity contribution in [2.24, 2.45) is 5.10 Å². The largest absolute Gasteiger partial charge is 0.383 e. The van der Waals surface area contributed by atoms with Crippen LogP contribution in [-0.2, 0) is 19.1 Å². The van der Waals surface area contributed by atoms with Crippen LogP contribution in [0.2, 0.25) is 0 Å². The van der Waals surface area contributed by atoms with E-state index in [0.717, 1.165) is 5.56 Å². The van der Waals surface area contributed by atoms with E-state index in [1.165, 1.54) is 7.11 Å². The first-order valence-electron chi connectivity index (χ1n) is 7.39. The molecule has 0 spiro atoms. The van der Waals surface area contributed by atoms with Crippen LogP contribution in [0.15, 0.2) is 29.4 Å². The molecule has 0 aliphatic carbocycles. The average molecular weight is 334 g/mol. The van der Waals surface area contributed by atoms with Gasteiger partial charge in [0.15, 0.2) is 0 Å². The maximum Gasteiger partial charge on any atom is 0.329 e. The first-order valence-corrected chi connectivity index (χ1v) is 7.39. The topological polar surface area (TPSA) is 109 Å². The molecule has 0 saturated heterocycles. The summed E-state index contributed by atoms with van der Waals surface area (Å²) >= 11 is 0. The van der Waals surface area contributed by atoms with Crippen molar-refractivity contribution in [1.82, 2.24) is 10.7 Å². The minimum atomic E-state index is -0.899. The molecule has 0 unspecified atom stereocenters. The SMILES string of the molecule is COCCNC(=O)C(=O)NN=C(C)CC(=O)Nc1cccc(C)c1. The summed E-state index contributed by atoms with van der Waals surface area (Å²) in [6.45, 7) is 4.04. The van der Waals surface area contributed by atoms with E-state index in [9.17, 15) is 14.4 Å². The molecule has 3 amide bonds. The Morgan fingerprint density at radius 1 is 1.21 bits per heavy atom. The summed E-state index contributed by atoms with van der Waals surface area (Å²) in [5, 5.41) is 8.83. The highest BCUT2D eigenvalue weighted by molar-refractivity contribution is 6.35. The minimum absolute atomic E-state index is 0.000480. The molecular weight excluding hydrogens is 312 g/mol. The fourth-order valence-electron chi connectivity index (χ4n) is 1.74. The van der Waals surface area contributed by atoms with Gasteiger partial charge in [0, 0.05) is 25.1 Å². The van der Waals surface area contributed by atoms with Crippen LogP contribution in [-0.4, -0.2) is 43.7 Å². The normalized spacial score (nSPS) is 10.9. The van der Waals surface area contributed by atoms with Gasteiger partial charge in [-0.05, 0) is 31.5 Å². The number of hydrazone groups is 1. The third-order valence-corrected chi connectivity index (χ3v) is 2.86. The van der Waals surface area contributed by atoms with Gasteiger partial charge >= 0.3 is 11.8 Å². The van der Waals surface area contributed by atoms with E-state index >= 15 is 0 Å². The summed E-state index contributed by atoms with van der Waals surface area (Å²) in [5.74, 6) is -1.97. The molecule has 0 heterocycles. The summed E-state index contributed by atoms with van der Waals surface area (Å²) in [7, 11) is 1.49. The number of methoxy groups -OCH3 is 1. The summed E-state index contributed by atoms with van der Waals surface area (Å²) in [6, 6.07) is 7.39. The molecule has 0 saturated carbocycles. The van der Waals surface area contributed by atoms with Crippen molar-refractivity contribution in [1.29, 1.82) is 0 Å². The number of aryl methyl sites for hydroxylation is 1. The zero-order chi connectivity index (χ0) is 17.9. The molecule has 0 aliphatic heterocycles. The van der Waals surface area contributed by atoms with Crippen LogP contribution in [0.5, 0.6) is 0 Å². The minimum Gasteiger partial charge on any atom is -0.383 e. The van der Waals surface area contributed by atoms with E-state index in [0.29, 0.717) is 18.0 Å². The molecule has 0 aromatic heterocycles. The van der Waals surface area contributed by atoms with Gasteiger partial charge in [-0.1, -0.05) is 12.1 Å². The van der Waals surface area contributed by atoms with Crippen molar-refractivity contribution in [2.45, 2.75) is 20.3 Å². The van der Waals surface area contributed by atoms with Crippen LogP contribution in [0.3, 0.4) is 0 Å². The molecular formula is C16H22N4O4. The van der Waals surface area contributed by atoms with Crippen molar-refractivity contribution in [2.75, 3.05) is 25.6 Å². The molecule has 130 valence electrons. The van der Waals surface area contributed by atoms with Gasteiger partial charge in [-0.2, -0.15) is 5.10 Å². The quantitative estimate of drug-likeness (QED) is 0.293. The van der Waals surface area contributed by atoms with E-state index in [2.05, 4.69) is 21.2 Å². The van der Waals surface area contributed by atoms with Gasteiger partial charge in [-0.15, -0.1) is 0 Å². The molecule has 0 atom stereocenters.